The molecule has 1 aromatic carbocycles. The van der Waals surface area contributed by atoms with Gasteiger partial charge in [-0.1, -0.05) is 12.1 Å². The topological polar surface area (TPSA) is 21.3 Å². The third-order valence-electron chi connectivity index (χ3n) is 2.79. The van der Waals surface area contributed by atoms with E-state index in [0.29, 0.717) is 6.04 Å². The van der Waals surface area contributed by atoms with E-state index in [4.69, 9.17) is 4.74 Å². The Balaban J connectivity index is 1.94. The summed E-state index contributed by atoms with van der Waals surface area (Å²) in [5, 5.41) is 3.47. The molecule has 2 unspecified atom stereocenters. The highest BCUT2D eigenvalue weighted by atomic mass is 19.1. The lowest BCUT2D eigenvalue weighted by Gasteiger charge is -2.18. The van der Waals surface area contributed by atoms with Crippen molar-refractivity contribution in [1.82, 2.24) is 5.32 Å². The molecular weight excluding hydrogens is 193 g/mol. The Labute approximate surface area is 89.4 Å². The molecule has 1 aliphatic rings. The third-order valence-corrected chi connectivity index (χ3v) is 2.79. The molecule has 3 heteroatoms. The Hall–Kier alpha value is -0.930. The van der Waals surface area contributed by atoms with Crippen LogP contribution in [-0.2, 0) is 4.74 Å². The first-order valence-electron chi connectivity index (χ1n) is 5.35. The Kier molecular flexibility index (Phi) is 3.34. The summed E-state index contributed by atoms with van der Waals surface area (Å²) in [6.07, 6.45) is 1.06. The summed E-state index contributed by atoms with van der Waals surface area (Å²) in [5.41, 5.74) is 1.11. The molecule has 1 heterocycles. The van der Waals surface area contributed by atoms with Gasteiger partial charge >= 0.3 is 0 Å². The molecule has 1 saturated heterocycles. The largest absolute Gasteiger partial charge is 0.380 e. The lowest BCUT2D eigenvalue weighted by molar-refractivity contribution is 0.188. The molecule has 0 amide bonds. The second-order valence-corrected chi connectivity index (χ2v) is 4.00. The molecule has 0 spiro atoms. The zero-order chi connectivity index (χ0) is 10.7. The van der Waals surface area contributed by atoms with E-state index in [-0.39, 0.29) is 11.9 Å². The first kappa shape index (κ1) is 10.6. The molecule has 1 N–H and O–H groups in total. The maximum Gasteiger partial charge on any atom is 0.123 e. The monoisotopic (exact) mass is 209 g/mol. The molecule has 2 rings (SSSR count). The molecule has 0 saturated carbocycles. The van der Waals surface area contributed by atoms with E-state index in [1.807, 2.05) is 12.1 Å². The molecule has 1 aromatic rings. The minimum Gasteiger partial charge on any atom is -0.380 e. The Morgan fingerprint density at radius 1 is 1.40 bits per heavy atom. The van der Waals surface area contributed by atoms with Crippen LogP contribution in [0.15, 0.2) is 24.3 Å². The fourth-order valence-electron chi connectivity index (χ4n) is 1.87. The van der Waals surface area contributed by atoms with Crippen molar-refractivity contribution in [3.63, 3.8) is 0 Å². The maximum absolute atomic E-state index is 12.7. The van der Waals surface area contributed by atoms with Crippen molar-refractivity contribution in [2.24, 2.45) is 0 Å². The van der Waals surface area contributed by atoms with Gasteiger partial charge in [0.15, 0.2) is 0 Å². The minimum absolute atomic E-state index is 0.185. The van der Waals surface area contributed by atoms with Crippen molar-refractivity contribution >= 4 is 0 Å². The van der Waals surface area contributed by atoms with Gasteiger partial charge in [0, 0.05) is 18.7 Å². The SMILES string of the molecule is CC(NC1CCOC1)c1ccc(F)cc1. The molecule has 1 fully saturated rings. The number of hydrogen-bond donors (Lipinski definition) is 1. The van der Waals surface area contributed by atoms with Gasteiger partial charge in [0.1, 0.15) is 5.82 Å². The molecule has 15 heavy (non-hydrogen) atoms. The minimum atomic E-state index is -0.185. The number of hydrogen-bond acceptors (Lipinski definition) is 2. The Bertz CT molecular complexity index is 306. The lowest BCUT2D eigenvalue weighted by Crippen LogP contribution is -2.31. The summed E-state index contributed by atoms with van der Waals surface area (Å²) in [4.78, 5) is 0. The number of rotatable bonds is 3. The van der Waals surface area contributed by atoms with Gasteiger partial charge in [-0.3, -0.25) is 0 Å². The number of ether oxygens (including phenoxy) is 1. The lowest BCUT2D eigenvalue weighted by atomic mass is 10.1. The zero-order valence-corrected chi connectivity index (χ0v) is 8.87. The van der Waals surface area contributed by atoms with E-state index in [9.17, 15) is 4.39 Å². The third kappa shape index (κ3) is 2.76. The molecule has 0 bridgehead atoms. The van der Waals surface area contributed by atoms with Gasteiger partial charge in [0.25, 0.3) is 0 Å². The smallest absolute Gasteiger partial charge is 0.123 e. The standard InChI is InChI=1S/C12H16FNO/c1-9(14-12-6-7-15-8-12)10-2-4-11(13)5-3-10/h2-5,9,12,14H,6-8H2,1H3. The highest BCUT2D eigenvalue weighted by Gasteiger charge is 2.17. The second kappa shape index (κ2) is 4.73. The molecule has 2 nitrogen and oxygen atoms in total. The van der Waals surface area contributed by atoms with E-state index in [1.165, 1.54) is 12.1 Å². The van der Waals surface area contributed by atoms with Crippen LogP contribution in [0.1, 0.15) is 24.9 Å². The van der Waals surface area contributed by atoms with Crippen molar-refractivity contribution in [2.75, 3.05) is 13.2 Å². The van der Waals surface area contributed by atoms with Gasteiger partial charge < -0.3 is 10.1 Å². The van der Waals surface area contributed by atoms with E-state index in [0.717, 1.165) is 25.2 Å². The average Bonchev–Trinajstić information content (AvgIpc) is 2.71. The zero-order valence-electron chi connectivity index (χ0n) is 8.87. The molecule has 0 aromatic heterocycles. The highest BCUT2D eigenvalue weighted by Crippen LogP contribution is 2.15. The summed E-state index contributed by atoms with van der Waals surface area (Å²) in [6.45, 7) is 3.71. The van der Waals surface area contributed by atoms with Crippen LogP contribution in [0, 0.1) is 5.82 Å². The first-order valence-corrected chi connectivity index (χ1v) is 5.35. The van der Waals surface area contributed by atoms with Gasteiger partial charge in [-0.2, -0.15) is 0 Å². The summed E-state index contributed by atoms with van der Waals surface area (Å²) in [5.74, 6) is -0.185. The van der Waals surface area contributed by atoms with Crippen LogP contribution in [0.3, 0.4) is 0 Å². The van der Waals surface area contributed by atoms with Crippen LogP contribution < -0.4 is 5.32 Å². The quantitative estimate of drug-likeness (QED) is 0.824. The van der Waals surface area contributed by atoms with Crippen LogP contribution in [0.25, 0.3) is 0 Å². The van der Waals surface area contributed by atoms with Crippen LogP contribution in [-0.4, -0.2) is 19.3 Å². The van der Waals surface area contributed by atoms with Gasteiger partial charge in [0.2, 0.25) is 0 Å². The predicted octanol–water partition coefficient (Wildman–Crippen LogP) is 2.27. The molecule has 1 aliphatic heterocycles. The van der Waals surface area contributed by atoms with Gasteiger partial charge in [0.05, 0.1) is 6.61 Å². The van der Waals surface area contributed by atoms with E-state index in [2.05, 4.69) is 12.2 Å². The number of nitrogens with one attached hydrogen (secondary N) is 1. The van der Waals surface area contributed by atoms with Crippen LogP contribution in [0.2, 0.25) is 0 Å². The molecule has 0 aliphatic carbocycles. The molecule has 0 radical (unpaired) electrons. The summed E-state index contributed by atoms with van der Waals surface area (Å²) >= 11 is 0. The molecule has 2 atom stereocenters. The molecule has 82 valence electrons. The van der Waals surface area contributed by atoms with Crippen molar-refractivity contribution in [1.29, 1.82) is 0 Å². The van der Waals surface area contributed by atoms with Crippen molar-refractivity contribution < 1.29 is 9.13 Å². The summed E-state index contributed by atoms with van der Waals surface area (Å²) in [7, 11) is 0. The fraction of sp³-hybridized carbons (Fsp3) is 0.500. The van der Waals surface area contributed by atoms with Crippen LogP contribution in [0.5, 0.6) is 0 Å². The Morgan fingerprint density at radius 3 is 2.73 bits per heavy atom. The maximum atomic E-state index is 12.7. The van der Waals surface area contributed by atoms with Crippen LogP contribution >= 0.6 is 0 Å². The van der Waals surface area contributed by atoms with E-state index in [1.54, 1.807) is 0 Å². The van der Waals surface area contributed by atoms with Crippen molar-refractivity contribution in [3.8, 4) is 0 Å². The van der Waals surface area contributed by atoms with Crippen molar-refractivity contribution in [3.05, 3.63) is 35.6 Å². The van der Waals surface area contributed by atoms with Crippen LogP contribution in [0.4, 0.5) is 4.39 Å². The fourth-order valence-corrected chi connectivity index (χ4v) is 1.87. The van der Waals surface area contributed by atoms with E-state index >= 15 is 0 Å². The van der Waals surface area contributed by atoms with Crippen molar-refractivity contribution in [2.45, 2.75) is 25.4 Å². The first-order chi connectivity index (χ1) is 7.25. The van der Waals surface area contributed by atoms with Gasteiger partial charge in [-0.25, -0.2) is 4.39 Å². The number of benzene rings is 1. The normalized spacial score (nSPS) is 22.9. The second-order valence-electron chi connectivity index (χ2n) is 4.00. The van der Waals surface area contributed by atoms with Gasteiger partial charge in [-0.05, 0) is 31.0 Å². The Morgan fingerprint density at radius 2 is 2.13 bits per heavy atom. The highest BCUT2D eigenvalue weighted by molar-refractivity contribution is 5.19. The predicted molar refractivity (Wildman–Crippen MR) is 57.2 cm³/mol. The van der Waals surface area contributed by atoms with E-state index < -0.39 is 0 Å². The summed E-state index contributed by atoms with van der Waals surface area (Å²) < 4.78 is 18.0. The molecular formula is C12H16FNO. The summed E-state index contributed by atoms with van der Waals surface area (Å²) in [6, 6.07) is 7.32. The van der Waals surface area contributed by atoms with Gasteiger partial charge in [-0.15, -0.1) is 0 Å². The average molecular weight is 209 g/mol. The number of halogens is 1.